The average molecular weight is 347 g/mol. The lowest BCUT2D eigenvalue weighted by Crippen LogP contribution is -2.46. The second-order valence-electron chi connectivity index (χ2n) is 5.66. The van der Waals surface area contributed by atoms with Crippen molar-refractivity contribution >= 4 is 5.96 Å². The Morgan fingerprint density at radius 1 is 1.17 bits per heavy atom. The van der Waals surface area contributed by atoms with Crippen LogP contribution in [0.1, 0.15) is 19.4 Å². The fourth-order valence-corrected chi connectivity index (χ4v) is 1.75. The Bertz CT molecular complexity index is 546. The number of aliphatic imine (C=N–C) groups is 1. The molecule has 24 heavy (non-hydrogen) atoms. The Morgan fingerprint density at radius 3 is 2.42 bits per heavy atom. The molecule has 136 valence electrons. The molecular weight excluding hydrogens is 323 g/mol. The van der Waals surface area contributed by atoms with Gasteiger partial charge in [-0.1, -0.05) is 12.1 Å². The molecule has 0 unspecified atom stereocenters. The molecule has 0 fully saturated rings. The van der Waals surface area contributed by atoms with Gasteiger partial charge in [-0.25, -0.2) is 0 Å². The van der Waals surface area contributed by atoms with E-state index < -0.39 is 11.7 Å². The van der Waals surface area contributed by atoms with Crippen molar-refractivity contribution in [1.29, 1.82) is 0 Å². The fourth-order valence-electron chi connectivity index (χ4n) is 1.75. The molecule has 0 atom stereocenters. The molecule has 1 aromatic carbocycles. The molecule has 0 bridgehead atoms. The lowest BCUT2D eigenvalue weighted by atomic mass is 10.1. The van der Waals surface area contributed by atoms with Crippen LogP contribution in [0.3, 0.4) is 0 Å². The maximum atomic E-state index is 12.8. The van der Waals surface area contributed by atoms with Crippen molar-refractivity contribution in [3.05, 3.63) is 29.8 Å². The molecule has 0 aliphatic carbocycles. The van der Waals surface area contributed by atoms with Gasteiger partial charge in [0.05, 0.1) is 17.7 Å². The number of guanidine groups is 1. The highest BCUT2D eigenvalue weighted by atomic mass is 19.4. The third kappa shape index (κ3) is 6.66. The SMILES string of the molecule is CN=C(NCCOc1ccccc1C(F)(F)F)NCC(C)(C)OC. The maximum Gasteiger partial charge on any atom is 0.419 e. The van der Waals surface area contributed by atoms with Crippen LogP contribution >= 0.6 is 0 Å². The molecule has 0 saturated heterocycles. The zero-order chi connectivity index (χ0) is 18.2. The highest BCUT2D eigenvalue weighted by Gasteiger charge is 2.33. The second kappa shape index (κ2) is 8.77. The van der Waals surface area contributed by atoms with Gasteiger partial charge in [0, 0.05) is 20.7 Å². The highest BCUT2D eigenvalue weighted by molar-refractivity contribution is 5.79. The molecule has 5 nitrogen and oxygen atoms in total. The first-order chi connectivity index (χ1) is 11.2. The lowest BCUT2D eigenvalue weighted by Gasteiger charge is -2.24. The van der Waals surface area contributed by atoms with Gasteiger partial charge in [0.25, 0.3) is 0 Å². The van der Waals surface area contributed by atoms with Gasteiger partial charge in [-0.2, -0.15) is 13.2 Å². The predicted octanol–water partition coefficient (Wildman–Crippen LogP) is 2.67. The van der Waals surface area contributed by atoms with Crippen molar-refractivity contribution in [2.24, 2.45) is 4.99 Å². The summed E-state index contributed by atoms with van der Waals surface area (Å²) in [6, 6.07) is 5.13. The number of rotatable bonds is 7. The van der Waals surface area contributed by atoms with E-state index in [1.54, 1.807) is 14.2 Å². The van der Waals surface area contributed by atoms with E-state index in [2.05, 4.69) is 15.6 Å². The number of ether oxygens (including phenoxy) is 2. The number of methoxy groups -OCH3 is 1. The van der Waals surface area contributed by atoms with Crippen molar-refractivity contribution in [2.75, 3.05) is 33.9 Å². The summed E-state index contributed by atoms with van der Waals surface area (Å²) in [6.07, 6.45) is -4.44. The van der Waals surface area contributed by atoms with Crippen molar-refractivity contribution in [3.63, 3.8) is 0 Å². The molecule has 0 amide bonds. The minimum absolute atomic E-state index is 0.0709. The van der Waals surface area contributed by atoms with E-state index in [-0.39, 0.29) is 18.0 Å². The highest BCUT2D eigenvalue weighted by Crippen LogP contribution is 2.35. The van der Waals surface area contributed by atoms with Crippen molar-refractivity contribution in [1.82, 2.24) is 10.6 Å². The smallest absolute Gasteiger partial charge is 0.419 e. The van der Waals surface area contributed by atoms with Gasteiger partial charge in [0.15, 0.2) is 5.96 Å². The number of benzene rings is 1. The molecule has 1 rings (SSSR count). The van der Waals surface area contributed by atoms with Crippen molar-refractivity contribution in [2.45, 2.75) is 25.6 Å². The van der Waals surface area contributed by atoms with Crippen LogP contribution in [-0.2, 0) is 10.9 Å². The summed E-state index contributed by atoms with van der Waals surface area (Å²) in [7, 11) is 3.22. The Labute approximate surface area is 140 Å². The number of hydrogen-bond donors (Lipinski definition) is 2. The summed E-state index contributed by atoms with van der Waals surface area (Å²) in [5, 5.41) is 6.04. The molecule has 0 aliphatic rings. The molecule has 0 aliphatic heterocycles. The monoisotopic (exact) mass is 347 g/mol. The van der Waals surface area contributed by atoms with Crippen LogP contribution in [0.4, 0.5) is 13.2 Å². The predicted molar refractivity (Wildman–Crippen MR) is 87.4 cm³/mol. The average Bonchev–Trinajstić information content (AvgIpc) is 2.53. The topological polar surface area (TPSA) is 54.9 Å². The number of hydrogen-bond acceptors (Lipinski definition) is 3. The minimum Gasteiger partial charge on any atom is -0.491 e. The third-order valence-corrected chi connectivity index (χ3v) is 3.30. The molecular formula is C16H24F3N3O2. The number of nitrogens with one attached hydrogen (secondary N) is 2. The Morgan fingerprint density at radius 2 is 1.83 bits per heavy atom. The maximum absolute atomic E-state index is 12.8. The summed E-state index contributed by atoms with van der Waals surface area (Å²) >= 11 is 0. The summed E-state index contributed by atoms with van der Waals surface area (Å²) in [6.45, 7) is 4.75. The van der Waals surface area contributed by atoms with Gasteiger partial charge in [0.2, 0.25) is 0 Å². The zero-order valence-corrected chi connectivity index (χ0v) is 14.3. The van der Waals surface area contributed by atoms with Gasteiger partial charge in [-0.15, -0.1) is 0 Å². The molecule has 0 radical (unpaired) electrons. The van der Waals surface area contributed by atoms with E-state index in [0.717, 1.165) is 6.07 Å². The largest absolute Gasteiger partial charge is 0.491 e. The number of para-hydroxylation sites is 1. The summed E-state index contributed by atoms with van der Waals surface area (Å²) < 4.78 is 49.1. The summed E-state index contributed by atoms with van der Waals surface area (Å²) in [5.74, 6) is 0.336. The van der Waals surface area contributed by atoms with Crippen LogP contribution < -0.4 is 15.4 Å². The van der Waals surface area contributed by atoms with Crippen molar-refractivity contribution < 1.29 is 22.6 Å². The first-order valence-electron chi connectivity index (χ1n) is 7.48. The molecule has 0 aromatic heterocycles. The van der Waals surface area contributed by atoms with E-state index in [1.165, 1.54) is 18.2 Å². The molecule has 0 saturated carbocycles. The Hall–Kier alpha value is -1.96. The fraction of sp³-hybridized carbons (Fsp3) is 0.562. The van der Waals surface area contributed by atoms with E-state index in [0.29, 0.717) is 19.0 Å². The number of alkyl halides is 3. The number of halogens is 3. The van der Waals surface area contributed by atoms with Gasteiger partial charge in [-0.3, -0.25) is 4.99 Å². The molecule has 1 aromatic rings. The van der Waals surface area contributed by atoms with Gasteiger partial charge in [0.1, 0.15) is 12.4 Å². The van der Waals surface area contributed by atoms with E-state index >= 15 is 0 Å². The summed E-state index contributed by atoms with van der Waals surface area (Å²) in [5.41, 5.74) is -1.14. The van der Waals surface area contributed by atoms with E-state index in [9.17, 15) is 13.2 Å². The van der Waals surface area contributed by atoms with E-state index in [4.69, 9.17) is 9.47 Å². The zero-order valence-electron chi connectivity index (χ0n) is 14.3. The first kappa shape index (κ1) is 20.1. The quantitative estimate of drug-likeness (QED) is 0.452. The molecule has 0 spiro atoms. The third-order valence-electron chi connectivity index (χ3n) is 3.30. The molecule has 2 N–H and O–H groups in total. The van der Waals surface area contributed by atoms with Crippen LogP contribution in [-0.4, -0.2) is 45.4 Å². The minimum atomic E-state index is -4.44. The standard InChI is InChI=1S/C16H24F3N3O2/c1-15(2,23-4)11-22-14(20-3)21-9-10-24-13-8-6-5-7-12(13)16(17,18)19/h5-8H,9-11H2,1-4H3,(H2,20,21,22). The van der Waals surface area contributed by atoms with Crippen LogP contribution in [0.25, 0.3) is 0 Å². The molecule has 0 heterocycles. The first-order valence-corrected chi connectivity index (χ1v) is 7.48. The van der Waals surface area contributed by atoms with Crippen LogP contribution in [0.15, 0.2) is 29.3 Å². The van der Waals surface area contributed by atoms with Gasteiger partial charge >= 0.3 is 6.18 Å². The Kier molecular flexibility index (Phi) is 7.34. The van der Waals surface area contributed by atoms with Crippen molar-refractivity contribution in [3.8, 4) is 5.75 Å². The molecule has 8 heteroatoms. The second-order valence-corrected chi connectivity index (χ2v) is 5.66. The van der Waals surface area contributed by atoms with Gasteiger partial charge in [-0.05, 0) is 26.0 Å². The van der Waals surface area contributed by atoms with Gasteiger partial charge < -0.3 is 20.1 Å². The van der Waals surface area contributed by atoms with Crippen LogP contribution in [0, 0.1) is 0 Å². The van der Waals surface area contributed by atoms with E-state index in [1.807, 2.05) is 13.8 Å². The lowest BCUT2D eigenvalue weighted by molar-refractivity contribution is -0.138. The van der Waals surface area contributed by atoms with Crippen LogP contribution in [0.2, 0.25) is 0 Å². The Balaban J connectivity index is 2.46. The number of nitrogens with zero attached hydrogens (tertiary/aromatic N) is 1. The van der Waals surface area contributed by atoms with Crippen LogP contribution in [0.5, 0.6) is 5.75 Å². The normalized spacial score (nSPS) is 12.9. The summed E-state index contributed by atoms with van der Waals surface area (Å²) in [4.78, 5) is 4.03.